The van der Waals surface area contributed by atoms with E-state index in [0.717, 1.165) is 141 Å². The zero-order valence-electron chi connectivity index (χ0n) is 78.4. The molecular formula is C98H178O26. The lowest BCUT2D eigenvalue weighted by Crippen LogP contribution is -2.68. The van der Waals surface area contributed by atoms with E-state index in [9.17, 15) is 60.0 Å². The molecule has 6 heterocycles. The van der Waals surface area contributed by atoms with Crippen molar-refractivity contribution in [2.75, 3.05) is 6.61 Å². The van der Waals surface area contributed by atoms with Gasteiger partial charge in [-0.25, -0.2) is 0 Å². The Morgan fingerprint density at radius 3 is 1.11 bits per heavy atom. The highest BCUT2D eigenvalue weighted by Crippen LogP contribution is 2.41. The van der Waals surface area contributed by atoms with E-state index in [4.69, 9.17) is 66.3 Å². The van der Waals surface area contributed by atoms with Gasteiger partial charge in [-0.2, -0.15) is 0 Å². The van der Waals surface area contributed by atoms with E-state index in [1.165, 1.54) is 174 Å². The van der Waals surface area contributed by atoms with Gasteiger partial charge in [-0.1, -0.05) is 342 Å². The lowest BCUT2D eigenvalue weighted by Gasteiger charge is -2.51. The Kier molecular flexibility index (Phi) is 58.2. The molecular weight excluding hydrogens is 1590 g/mol. The molecule has 8 N–H and O–H groups in total. The van der Waals surface area contributed by atoms with E-state index in [1.807, 2.05) is 0 Å². The molecule has 26 nitrogen and oxygen atoms in total. The Balaban J connectivity index is 1.26. The number of aliphatic hydroxyl groups is 8. The second kappa shape index (κ2) is 65.7. The van der Waals surface area contributed by atoms with Gasteiger partial charge in [0.15, 0.2) is 55.9 Å². The fourth-order valence-electron chi connectivity index (χ4n) is 18.5. The van der Waals surface area contributed by atoms with E-state index in [1.54, 1.807) is 20.8 Å². The van der Waals surface area contributed by atoms with Crippen molar-refractivity contribution in [1.29, 1.82) is 0 Å². The van der Waals surface area contributed by atoms with Crippen molar-refractivity contribution in [1.82, 2.24) is 0 Å². The minimum Gasteiger partial charge on any atom is -0.457 e. The summed E-state index contributed by atoms with van der Waals surface area (Å²) >= 11 is 0. The van der Waals surface area contributed by atoms with Crippen molar-refractivity contribution in [3.63, 3.8) is 0 Å². The third kappa shape index (κ3) is 41.1. The number of ether oxygens (including phenoxy) is 14. The smallest absolute Gasteiger partial charge is 0.306 e. The fourth-order valence-corrected chi connectivity index (χ4v) is 18.5. The topological polar surface area (TPSA) is 359 Å². The first-order valence-corrected chi connectivity index (χ1v) is 50.9. The largest absolute Gasteiger partial charge is 0.457 e. The van der Waals surface area contributed by atoms with Crippen molar-refractivity contribution < 1.29 is 126 Å². The van der Waals surface area contributed by atoms with Crippen LogP contribution < -0.4 is 0 Å². The summed E-state index contributed by atoms with van der Waals surface area (Å²) < 4.78 is 90.7. The van der Waals surface area contributed by atoms with Gasteiger partial charge in [-0.05, 0) is 66.2 Å². The van der Waals surface area contributed by atoms with Gasteiger partial charge in [-0.3, -0.25) is 19.2 Å². The molecule has 0 aromatic heterocycles. The highest BCUT2D eigenvalue weighted by Gasteiger charge is 2.59. The molecule has 26 heteroatoms. The molecule has 6 aliphatic heterocycles. The molecule has 6 rings (SSSR count). The lowest BCUT2D eigenvalue weighted by molar-refractivity contribution is -0.400. The molecule has 0 unspecified atom stereocenters. The molecule has 6 aliphatic rings. The van der Waals surface area contributed by atoms with Gasteiger partial charge >= 0.3 is 23.9 Å². The number of rotatable bonds is 60. The molecule has 6 saturated heterocycles. The van der Waals surface area contributed by atoms with Crippen LogP contribution in [0.25, 0.3) is 0 Å². The first-order valence-electron chi connectivity index (χ1n) is 50.9. The fraction of sp³-hybridized carbons (Fsp3) is 0.959. The average Bonchev–Trinajstić information content (AvgIpc) is 0.760. The van der Waals surface area contributed by atoms with Gasteiger partial charge in [0.25, 0.3) is 0 Å². The van der Waals surface area contributed by atoms with Gasteiger partial charge < -0.3 is 107 Å². The molecule has 0 aromatic carbocycles. The van der Waals surface area contributed by atoms with Crippen LogP contribution in [0.5, 0.6) is 0 Å². The normalized spacial score (nSPS) is 32.5. The summed E-state index contributed by atoms with van der Waals surface area (Å²) in [6.07, 6.45) is 17.8. The first kappa shape index (κ1) is 110. The highest BCUT2D eigenvalue weighted by atomic mass is 16.8. The highest BCUT2D eigenvalue weighted by molar-refractivity contribution is 5.71. The number of fused-ring (bicyclic) bond motifs is 2. The van der Waals surface area contributed by atoms with Crippen molar-refractivity contribution in [3.05, 3.63) is 0 Å². The molecule has 0 aromatic rings. The number of esters is 4. The van der Waals surface area contributed by atoms with Crippen LogP contribution in [0.3, 0.4) is 0 Å². The number of carbonyl (C=O) groups excluding carboxylic acids is 4. The zero-order chi connectivity index (χ0) is 89.6. The molecule has 0 aliphatic carbocycles. The summed E-state index contributed by atoms with van der Waals surface area (Å²) in [5.41, 5.74) is 0. The van der Waals surface area contributed by atoms with Crippen LogP contribution in [0.4, 0.5) is 0 Å². The lowest BCUT2D eigenvalue weighted by atomic mass is 9.95. The molecule has 124 heavy (non-hydrogen) atoms. The van der Waals surface area contributed by atoms with Crippen molar-refractivity contribution in [2.45, 2.75) is 594 Å². The summed E-state index contributed by atoms with van der Waals surface area (Å²) in [5.74, 6) is -2.74. The second-order valence-corrected chi connectivity index (χ2v) is 37.4. The van der Waals surface area contributed by atoms with E-state index >= 15 is 0 Å². The third-order valence-electron chi connectivity index (χ3n) is 26.4. The van der Waals surface area contributed by atoms with Crippen LogP contribution >= 0.6 is 0 Å². The summed E-state index contributed by atoms with van der Waals surface area (Å²) in [5, 5.41) is 96.0. The maximum atomic E-state index is 14.9. The minimum absolute atomic E-state index is 0.00115. The van der Waals surface area contributed by atoms with Crippen molar-refractivity contribution >= 4 is 23.9 Å². The Morgan fingerprint density at radius 2 is 0.653 bits per heavy atom. The Morgan fingerprint density at radius 1 is 0.306 bits per heavy atom. The van der Waals surface area contributed by atoms with Gasteiger partial charge in [0.1, 0.15) is 73.2 Å². The minimum atomic E-state index is -2.05. The van der Waals surface area contributed by atoms with Crippen LogP contribution in [0, 0.1) is 0 Å². The summed E-state index contributed by atoms with van der Waals surface area (Å²) in [6, 6.07) is 0. The van der Waals surface area contributed by atoms with E-state index < -0.39 is 184 Å². The molecule has 0 radical (unpaired) electrons. The molecule has 6 fully saturated rings. The Hall–Kier alpha value is -2.84. The number of aliphatic hydroxyl groups excluding tert-OH is 8. The van der Waals surface area contributed by atoms with E-state index in [2.05, 4.69) is 27.7 Å². The predicted octanol–water partition coefficient (Wildman–Crippen LogP) is 17.9. The van der Waals surface area contributed by atoms with E-state index in [-0.39, 0.29) is 31.8 Å². The first-order chi connectivity index (χ1) is 60.2. The van der Waals surface area contributed by atoms with Gasteiger partial charge in [-0.15, -0.1) is 0 Å². The number of hydrogen-bond acceptors (Lipinski definition) is 26. The molecule has 26 atom stereocenters. The van der Waals surface area contributed by atoms with Crippen LogP contribution in [0.2, 0.25) is 0 Å². The van der Waals surface area contributed by atoms with Crippen LogP contribution in [0.1, 0.15) is 434 Å². The Bertz CT molecular complexity index is 2700. The van der Waals surface area contributed by atoms with Crippen LogP contribution in [-0.4, -0.2) is 231 Å². The SMILES string of the molecule is CCCCCCCCCCCCCCCCCCCC(=O)O[C@H]1[C@H](O)[C@@H](O)[C@H](O[C@@H]2[C@@H](O[C@@H]3O[C@@H](C)[C@H](OC(=O)CCCCCCCCCCCCCCC)[C@@H](O)[C@H]3O)[C@@H](C)O[C@@H](O[C@@H]3[C@@H](O)[C@H]4OC(=O)CCCCCCCCC[C@H](CCCCC)O[C@@H]5O[C@H](C)[C@H](O)[C@H](O)[C@H]5O[C@@H]4O[C@H]3C)[C@@H]2OC(=O)CCCCCCCCCCCCCCC)O[C@@H]1CO. The predicted molar refractivity (Wildman–Crippen MR) is 474 cm³/mol. The number of unbranched alkanes of at least 4 members (excludes halogenated alkanes) is 42. The molecule has 0 spiro atoms. The maximum absolute atomic E-state index is 14.9. The summed E-state index contributed by atoms with van der Waals surface area (Å²) in [6.45, 7) is 14.2. The standard InChI is InChI=1S/C98H178O26/c1-9-13-17-20-23-26-29-32-33-34-35-38-41-43-48-53-59-65-76(101)118-89-74(68-99)116-95(84(109)82(89)107)124-92-88(122-94-83(108)81(106)86(70(6)112-94)117-75(100)64-58-52-47-42-39-36-30-27-24-21-18-14-10-2)72(8)114-98(93(92)120-78(103)67-61-54-49-44-40-37-31-28-25-22-19-15-11-3)121-87-71(7)113-97-91(85(87)110)119-77(102)66-60-55-50-45-46-51-57-63-73(62-56-16-12-4)115-96-90(123-97)80(105)79(104)69(5)111-96/h69-74,79-99,104-110H,9-68H2,1-8H3/t69-,70+,71+,72-,73+,74-,79+,80+,81+,82-,83-,84-,85-,86+,87+,88+,89-,90-,91-,92-,93-,94+,95+,96+,97+,98+/m1/s1. The van der Waals surface area contributed by atoms with Gasteiger partial charge in [0.2, 0.25) is 0 Å². The third-order valence-corrected chi connectivity index (χ3v) is 26.4. The van der Waals surface area contributed by atoms with Gasteiger partial charge in [0, 0.05) is 25.7 Å². The average molecular weight is 1770 g/mol. The quantitative estimate of drug-likeness (QED) is 0.0159. The van der Waals surface area contributed by atoms with Crippen LogP contribution in [0.15, 0.2) is 0 Å². The Labute approximate surface area is 747 Å². The zero-order valence-corrected chi connectivity index (χ0v) is 78.4. The van der Waals surface area contributed by atoms with Gasteiger partial charge in [0.05, 0.1) is 37.1 Å². The maximum Gasteiger partial charge on any atom is 0.306 e. The molecule has 0 amide bonds. The van der Waals surface area contributed by atoms with Crippen molar-refractivity contribution in [2.24, 2.45) is 0 Å². The monoisotopic (exact) mass is 1770 g/mol. The van der Waals surface area contributed by atoms with E-state index in [0.29, 0.717) is 44.9 Å². The van der Waals surface area contributed by atoms with Crippen molar-refractivity contribution in [3.8, 4) is 0 Å². The van der Waals surface area contributed by atoms with Crippen LogP contribution in [-0.2, 0) is 85.5 Å². The molecule has 726 valence electrons. The molecule has 0 saturated carbocycles. The number of carbonyl (C=O) groups is 4. The second-order valence-electron chi connectivity index (χ2n) is 37.4. The molecule has 0 bridgehead atoms. The summed E-state index contributed by atoms with van der Waals surface area (Å²) in [4.78, 5) is 56.3. The summed E-state index contributed by atoms with van der Waals surface area (Å²) in [7, 11) is 0. The number of hydrogen-bond donors (Lipinski definition) is 8.